The van der Waals surface area contributed by atoms with Crippen LogP contribution in [0.5, 0.6) is 17.2 Å². The Labute approximate surface area is 219 Å². The highest BCUT2D eigenvalue weighted by molar-refractivity contribution is 5.98. The molecule has 1 aliphatic rings. The Balaban J connectivity index is 0.00000280. The number of anilines is 1. The van der Waals surface area contributed by atoms with Crippen LogP contribution in [0, 0.1) is 6.92 Å². The van der Waals surface area contributed by atoms with Gasteiger partial charge in [-0.3, -0.25) is 0 Å². The summed E-state index contributed by atoms with van der Waals surface area (Å²) < 4.78 is 13.6. The molecule has 0 saturated carbocycles. The summed E-state index contributed by atoms with van der Waals surface area (Å²) in [6.45, 7) is 3.77. The third kappa shape index (κ3) is 4.54. The van der Waals surface area contributed by atoms with Crippen LogP contribution in [0.25, 0.3) is 33.5 Å². The maximum atomic E-state index is 6.48. The number of aryl methyl sites for hydroxylation is 1. The van der Waals surface area contributed by atoms with Crippen LogP contribution in [-0.2, 0) is 0 Å². The van der Waals surface area contributed by atoms with Crippen molar-refractivity contribution in [3.63, 3.8) is 0 Å². The highest BCUT2D eigenvalue weighted by atomic mass is 35.5. The van der Waals surface area contributed by atoms with E-state index in [0.29, 0.717) is 23.1 Å². The number of fused-ring (bicyclic) bond motifs is 2. The van der Waals surface area contributed by atoms with Crippen molar-refractivity contribution < 1.29 is 9.47 Å². The van der Waals surface area contributed by atoms with Gasteiger partial charge in [-0.25, -0.2) is 19.5 Å². The largest absolute Gasteiger partial charge is 0.495 e. The zero-order chi connectivity index (χ0) is 24.6. The SMILES string of the molecule is COc1c(C2=CCNCC2)ccc2nc(-c3ccc(Oc4ccn5ncnc5c4)c(C)c3)nc(N)c12.Cl. The van der Waals surface area contributed by atoms with Gasteiger partial charge in [0.25, 0.3) is 0 Å². The number of hydrogen-bond donors (Lipinski definition) is 2. The molecule has 37 heavy (non-hydrogen) atoms. The summed E-state index contributed by atoms with van der Waals surface area (Å²) in [5, 5.41) is 8.19. The minimum Gasteiger partial charge on any atom is -0.495 e. The fourth-order valence-corrected chi connectivity index (χ4v) is 4.57. The van der Waals surface area contributed by atoms with Gasteiger partial charge in [0.2, 0.25) is 0 Å². The molecule has 0 fully saturated rings. The monoisotopic (exact) mass is 515 g/mol. The Hall–Kier alpha value is -4.21. The van der Waals surface area contributed by atoms with Crippen LogP contribution < -0.4 is 20.5 Å². The van der Waals surface area contributed by atoms with Gasteiger partial charge in [0, 0.05) is 29.9 Å². The molecule has 0 atom stereocenters. The standard InChI is InChI=1S/C27H25N7O2.ClH/c1-16-13-18(3-6-22(16)36-19-9-12-34-23(14-19)30-15-31-34)27-32-21-5-4-20(17-7-10-29-11-8-17)25(35-2)24(21)26(28)33-27;/h3-7,9,12-15,29H,8,10-11H2,1-2H3,(H2,28,32,33);1H. The lowest BCUT2D eigenvalue weighted by molar-refractivity contribution is 0.418. The molecule has 0 amide bonds. The fraction of sp³-hybridized carbons (Fsp3) is 0.185. The Morgan fingerprint density at radius 2 is 1.97 bits per heavy atom. The lowest BCUT2D eigenvalue weighted by Gasteiger charge is -2.19. The summed E-state index contributed by atoms with van der Waals surface area (Å²) in [6, 6.07) is 13.6. The third-order valence-electron chi connectivity index (χ3n) is 6.37. The first-order valence-electron chi connectivity index (χ1n) is 11.7. The van der Waals surface area contributed by atoms with Crippen LogP contribution >= 0.6 is 12.4 Å². The Morgan fingerprint density at radius 3 is 2.76 bits per heavy atom. The quantitative estimate of drug-likeness (QED) is 0.342. The molecule has 4 heterocycles. The van der Waals surface area contributed by atoms with E-state index in [4.69, 9.17) is 20.2 Å². The number of nitrogens with one attached hydrogen (secondary N) is 1. The molecule has 6 rings (SSSR count). The first-order chi connectivity index (χ1) is 17.6. The summed E-state index contributed by atoms with van der Waals surface area (Å²) in [4.78, 5) is 13.7. The van der Waals surface area contributed by atoms with Gasteiger partial charge in [0.15, 0.2) is 11.5 Å². The molecule has 0 spiro atoms. The van der Waals surface area contributed by atoms with Crippen LogP contribution in [-0.4, -0.2) is 44.8 Å². The number of rotatable bonds is 5. The maximum absolute atomic E-state index is 6.48. The topological polar surface area (TPSA) is 112 Å². The number of halogens is 1. The third-order valence-corrected chi connectivity index (χ3v) is 6.37. The van der Waals surface area contributed by atoms with Crippen LogP contribution in [0.15, 0.2) is 61.1 Å². The molecule has 0 aliphatic carbocycles. The number of methoxy groups -OCH3 is 1. The van der Waals surface area contributed by atoms with Gasteiger partial charge in [-0.05, 0) is 67.4 Å². The van der Waals surface area contributed by atoms with E-state index in [1.165, 1.54) is 11.9 Å². The number of benzene rings is 2. The summed E-state index contributed by atoms with van der Waals surface area (Å²) in [6.07, 6.45) is 6.44. The van der Waals surface area contributed by atoms with Crippen LogP contribution in [0.1, 0.15) is 17.5 Å². The van der Waals surface area contributed by atoms with Crippen molar-refractivity contribution in [3.05, 3.63) is 72.2 Å². The van der Waals surface area contributed by atoms with Gasteiger partial charge in [0.1, 0.15) is 29.4 Å². The molecule has 0 radical (unpaired) electrons. The van der Waals surface area contributed by atoms with Crippen molar-refractivity contribution in [1.29, 1.82) is 0 Å². The van der Waals surface area contributed by atoms with Gasteiger partial charge in [-0.15, -0.1) is 12.4 Å². The molecule has 2 aromatic carbocycles. The van der Waals surface area contributed by atoms with Crippen LogP contribution in [0.2, 0.25) is 0 Å². The Bertz CT molecular complexity index is 1650. The first kappa shape index (κ1) is 24.5. The normalized spacial score (nSPS) is 13.3. The second-order valence-electron chi connectivity index (χ2n) is 8.66. The summed E-state index contributed by atoms with van der Waals surface area (Å²) in [7, 11) is 1.66. The highest BCUT2D eigenvalue weighted by Gasteiger charge is 2.19. The fourth-order valence-electron chi connectivity index (χ4n) is 4.57. The number of pyridine rings is 1. The van der Waals surface area contributed by atoms with E-state index in [1.807, 2.05) is 49.5 Å². The lowest BCUT2D eigenvalue weighted by atomic mass is 9.97. The van der Waals surface area contributed by atoms with E-state index in [-0.39, 0.29) is 12.4 Å². The van der Waals surface area contributed by atoms with Gasteiger partial charge < -0.3 is 20.5 Å². The van der Waals surface area contributed by atoms with Crippen molar-refractivity contribution in [2.24, 2.45) is 0 Å². The number of nitrogen functional groups attached to an aromatic ring is 1. The predicted molar refractivity (Wildman–Crippen MR) is 146 cm³/mol. The van der Waals surface area contributed by atoms with Crippen LogP contribution in [0.4, 0.5) is 5.82 Å². The first-order valence-corrected chi connectivity index (χ1v) is 11.7. The Morgan fingerprint density at radius 1 is 1.08 bits per heavy atom. The van der Waals surface area contributed by atoms with Gasteiger partial charge in [-0.1, -0.05) is 6.08 Å². The Kier molecular flexibility index (Phi) is 6.64. The second kappa shape index (κ2) is 10.0. The van der Waals surface area contributed by atoms with Gasteiger partial charge >= 0.3 is 0 Å². The maximum Gasteiger partial charge on any atom is 0.162 e. The van der Waals surface area contributed by atoms with E-state index in [2.05, 4.69) is 32.5 Å². The van der Waals surface area contributed by atoms with E-state index in [0.717, 1.165) is 58.5 Å². The molecule has 0 bridgehead atoms. The molecule has 3 aromatic heterocycles. The van der Waals surface area contributed by atoms with Crippen molar-refractivity contribution >= 4 is 40.3 Å². The predicted octanol–water partition coefficient (Wildman–Crippen LogP) is 4.83. The number of ether oxygens (including phenoxy) is 2. The van der Waals surface area contributed by atoms with Crippen LogP contribution in [0.3, 0.4) is 0 Å². The van der Waals surface area contributed by atoms with E-state index >= 15 is 0 Å². The van der Waals surface area contributed by atoms with Crippen molar-refractivity contribution in [3.8, 4) is 28.6 Å². The molecule has 3 N–H and O–H groups in total. The molecule has 1 aliphatic heterocycles. The lowest BCUT2D eigenvalue weighted by Crippen LogP contribution is -2.20. The summed E-state index contributed by atoms with van der Waals surface area (Å²) in [5.74, 6) is 3.08. The molecule has 5 aromatic rings. The molecular formula is C27H26ClN7O2. The van der Waals surface area contributed by atoms with Crippen molar-refractivity contribution in [2.75, 3.05) is 25.9 Å². The second-order valence-corrected chi connectivity index (χ2v) is 8.66. The zero-order valence-electron chi connectivity index (χ0n) is 20.4. The van der Waals surface area contributed by atoms with E-state index in [9.17, 15) is 0 Å². The van der Waals surface area contributed by atoms with E-state index in [1.54, 1.807) is 11.6 Å². The smallest absolute Gasteiger partial charge is 0.162 e. The molecule has 0 unspecified atom stereocenters. The number of aromatic nitrogens is 5. The minimum atomic E-state index is 0. The number of nitrogens with zero attached hydrogens (tertiary/aromatic N) is 5. The molecular weight excluding hydrogens is 490 g/mol. The average molecular weight is 516 g/mol. The molecule has 9 nitrogen and oxygen atoms in total. The number of hydrogen-bond acceptors (Lipinski definition) is 8. The number of nitrogens with two attached hydrogens (primary N) is 1. The van der Waals surface area contributed by atoms with Crippen molar-refractivity contribution in [1.82, 2.24) is 29.9 Å². The van der Waals surface area contributed by atoms with Gasteiger partial charge in [0.05, 0.1) is 18.0 Å². The summed E-state index contributed by atoms with van der Waals surface area (Å²) in [5.41, 5.74) is 12.0. The van der Waals surface area contributed by atoms with Gasteiger partial charge in [-0.2, -0.15) is 5.10 Å². The zero-order valence-corrected chi connectivity index (χ0v) is 21.2. The van der Waals surface area contributed by atoms with E-state index < -0.39 is 0 Å². The minimum absolute atomic E-state index is 0. The molecule has 188 valence electrons. The summed E-state index contributed by atoms with van der Waals surface area (Å²) >= 11 is 0. The average Bonchev–Trinajstić information content (AvgIpc) is 3.37. The highest BCUT2D eigenvalue weighted by Crippen LogP contribution is 2.38. The molecule has 10 heteroatoms. The molecule has 0 saturated heterocycles. The van der Waals surface area contributed by atoms with Crippen molar-refractivity contribution in [2.45, 2.75) is 13.3 Å².